The van der Waals surface area contributed by atoms with Gasteiger partial charge in [0.15, 0.2) is 0 Å². The first-order chi connectivity index (χ1) is 7.90. The van der Waals surface area contributed by atoms with E-state index in [-0.39, 0.29) is 0 Å². The average Bonchev–Trinajstić information content (AvgIpc) is 2.38. The molecule has 1 heterocycles. The highest BCUT2D eigenvalue weighted by molar-refractivity contribution is 7.98. The predicted octanol–water partition coefficient (Wildman–Crippen LogP) is 3.51. The standard InChI is InChI=1S/C13H17NOS/c1-16-13-8-3-2-7-12(13)14-10-11-6-4-5-9-15-11/h2-3,5,7-9,11,14H,4,6,10H2,1H3. The molecule has 16 heavy (non-hydrogen) atoms. The third kappa shape index (κ3) is 2.95. The average molecular weight is 235 g/mol. The van der Waals surface area contributed by atoms with Gasteiger partial charge in [-0.25, -0.2) is 0 Å². The molecule has 1 aliphatic heterocycles. The normalized spacial score (nSPS) is 19.2. The van der Waals surface area contributed by atoms with E-state index >= 15 is 0 Å². The lowest BCUT2D eigenvalue weighted by Gasteiger charge is -2.21. The van der Waals surface area contributed by atoms with Crippen LogP contribution in [0.3, 0.4) is 0 Å². The molecule has 0 radical (unpaired) electrons. The number of allylic oxidation sites excluding steroid dienone is 1. The van der Waals surface area contributed by atoms with E-state index in [2.05, 4.69) is 41.9 Å². The SMILES string of the molecule is CSc1ccccc1NCC1CCC=CO1. The smallest absolute Gasteiger partial charge is 0.115 e. The van der Waals surface area contributed by atoms with Gasteiger partial charge in [0.25, 0.3) is 0 Å². The molecule has 0 saturated heterocycles. The number of ether oxygens (including phenoxy) is 1. The summed E-state index contributed by atoms with van der Waals surface area (Å²) in [4.78, 5) is 1.29. The van der Waals surface area contributed by atoms with Crippen molar-refractivity contribution in [3.05, 3.63) is 36.6 Å². The lowest BCUT2D eigenvalue weighted by atomic mass is 10.1. The summed E-state index contributed by atoms with van der Waals surface area (Å²) in [6.45, 7) is 0.877. The van der Waals surface area contributed by atoms with Crippen LogP contribution in [0.2, 0.25) is 0 Å². The Labute approximate surface area is 101 Å². The molecule has 1 aliphatic rings. The summed E-state index contributed by atoms with van der Waals surface area (Å²) in [5.74, 6) is 0. The fourth-order valence-corrected chi connectivity index (χ4v) is 2.32. The van der Waals surface area contributed by atoms with E-state index in [9.17, 15) is 0 Å². The fourth-order valence-electron chi connectivity index (χ4n) is 1.75. The number of anilines is 1. The first-order valence-electron chi connectivity index (χ1n) is 5.57. The number of para-hydroxylation sites is 1. The van der Waals surface area contributed by atoms with E-state index in [0.29, 0.717) is 6.10 Å². The van der Waals surface area contributed by atoms with Crippen LogP contribution in [0.1, 0.15) is 12.8 Å². The third-order valence-electron chi connectivity index (χ3n) is 2.65. The van der Waals surface area contributed by atoms with Crippen LogP contribution in [-0.2, 0) is 4.74 Å². The van der Waals surface area contributed by atoms with E-state index in [0.717, 1.165) is 19.4 Å². The topological polar surface area (TPSA) is 21.3 Å². The number of benzene rings is 1. The number of nitrogens with one attached hydrogen (secondary N) is 1. The van der Waals surface area contributed by atoms with Crippen molar-refractivity contribution in [3.8, 4) is 0 Å². The minimum absolute atomic E-state index is 0.305. The van der Waals surface area contributed by atoms with E-state index in [1.807, 2.05) is 6.26 Å². The molecule has 3 heteroatoms. The molecular weight excluding hydrogens is 218 g/mol. The Balaban J connectivity index is 1.91. The largest absolute Gasteiger partial charge is 0.497 e. The van der Waals surface area contributed by atoms with Crippen LogP contribution in [-0.4, -0.2) is 18.9 Å². The van der Waals surface area contributed by atoms with Crippen LogP contribution in [0.4, 0.5) is 5.69 Å². The molecule has 0 aliphatic carbocycles. The van der Waals surface area contributed by atoms with Crippen LogP contribution in [0.5, 0.6) is 0 Å². The lowest BCUT2D eigenvalue weighted by Crippen LogP contribution is -2.23. The molecule has 1 N–H and O–H groups in total. The molecule has 86 valence electrons. The second-order valence-corrected chi connectivity index (χ2v) is 4.64. The van der Waals surface area contributed by atoms with Crippen molar-refractivity contribution in [1.82, 2.24) is 0 Å². The van der Waals surface area contributed by atoms with Gasteiger partial charge in [0.1, 0.15) is 6.10 Å². The summed E-state index contributed by atoms with van der Waals surface area (Å²) in [6, 6.07) is 8.37. The molecule has 0 aromatic heterocycles. The molecule has 0 fully saturated rings. The highest BCUT2D eigenvalue weighted by Gasteiger charge is 2.10. The quantitative estimate of drug-likeness (QED) is 0.807. The first-order valence-corrected chi connectivity index (χ1v) is 6.80. The Kier molecular flexibility index (Phi) is 4.17. The third-order valence-corrected chi connectivity index (χ3v) is 3.45. The van der Waals surface area contributed by atoms with Crippen LogP contribution in [0.25, 0.3) is 0 Å². The number of hydrogen-bond acceptors (Lipinski definition) is 3. The van der Waals surface area contributed by atoms with Crippen molar-refractivity contribution in [1.29, 1.82) is 0 Å². The van der Waals surface area contributed by atoms with Gasteiger partial charge in [-0.2, -0.15) is 0 Å². The highest BCUT2D eigenvalue weighted by atomic mass is 32.2. The Hall–Kier alpha value is -1.09. The number of thioether (sulfide) groups is 1. The fraction of sp³-hybridized carbons (Fsp3) is 0.385. The van der Waals surface area contributed by atoms with Crippen molar-refractivity contribution >= 4 is 17.4 Å². The van der Waals surface area contributed by atoms with Gasteiger partial charge in [0.2, 0.25) is 0 Å². The summed E-state index contributed by atoms with van der Waals surface area (Å²) >= 11 is 1.76. The van der Waals surface area contributed by atoms with Gasteiger partial charge < -0.3 is 10.1 Å². The summed E-state index contributed by atoms with van der Waals surface area (Å²) in [5, 5.41) is 3.45. The molecule has 0 amide bonds. The van der Waals surface area contributed by atoms with Crippen molar-refractivity contribution in [2.24, 2.45) is 0 Å². The van der Waals surface area contributed by atoms with E-state index in [1.54, 1.807) is 11.8 Å². The van der Waals surface area contributed by atoms with Gasteiger partial charge in [-0.1, -0.05) is 12.1 Å². The maximum Gasteiger partial charge on any atom is 0.115 e. The van der Waals surface area contributed by atoms with Crippen LogP contribution < -0.4 is 5.32 Å². The van der Waals surface area contributed by atoms with Crippen molar-refractivity contribution in [3.63, 3.8) is 0 Å². The van der Waals surface area contributed by atoms with Crippen LogP contribution in [0, 0.1) is 0 Å². The molecule has 2 nitrogen and oxygen atoms in total. The van der Waals surface area contributed by atoms with Crippen molar-refractivity contribution in [2.75, 3.05) is 18.1 Å². The van der Waals surface area contributed by atoms with Gasteiger partial charge in [-0.3, -0.25) is 0 Å². The Morgan fingerprint density at radius 2 is 2.31 bits per heavy atom. The molecular formula is C13H17NOS. The van der Waals surface area contributed by atoms with Gasteiger partial charge in [0.05, 0.1) is 12.8 Å². The van der Waals surface area contributed by atoms with Crippen molar-refractivity contribution < 1.29 is 4.74 Å². The molecule has 1 unspecified atom stereocenters. The first kappa shape index (κ1) is 11.4. The maximum absolute atomic E-state index is 5.52. The van der Waals surface area contributed by atoms with E-state index in [1.165, 1.54) is 10.6 Å². The molecule has 2 rings (SSSR count). The molecule has 1 aromatic rings. The van der Waals surface area contributed by atoms with E-state index in [4.69, 9.17) is 4.74 Å². The molecule has 0 bridgehead atoms. The molecule has 0 saturated carbocycles. The summed E-state index contributed by atoms with van der Waals surface area (Å²) in [6.07, 6.45) is 8.52. The predicted molar refractivity (Wildman–Crippen MR) is 70.0 cm³/mol. The number of rotatable bonds is 4. The Morgan fingerprint density at radius 1 is 1.44 bits per heavy atom. The minimum Gasteiger partial charge on any atom is -0.497 e. The molecule has 1 aromatic carbocycles. The monoisotopic (exact) mass is 235 g/mol. The second-order valence-electron chi connectivity index (χ2n) is 3.79. The van der Waals surface area contributed by atoms with Gasteiger partial charge in [-0.05, 0) is 37.3 Å². The zero-order valence-corrected chi connectivity index (χ0v) is 10.3. The lowest BCUT2D eigenvalue weighted by molar-refractivity contribution is 0.135. The van der Waals surface area contributed by atoms with Crippen molar-refractivity contribution in [2.45, 2.75) is 23.8 Å². The van der Waals surface area contributed by atoms with Crippen LogP contribution in [0.15, 0.2) is 41.5 Å². The van der Waals surface area contributed by atoms with Crippen LogP contribution >= 0.6 is 11.8 Å². The van der Waals surface area contributed by atoms with Gasteiger partial charge >= 0.3 is 0 Å². The summed E-state index contributed by atoms with van der Waals surface area (Å²) in [5.41, 5.74) is 1.20. The van der Waals surface area contributed by atoms with E-state index < -0.39 is 0 Å². The second kappa shape index (κ2) is 5.85. The molecule has 1 atom stereocenters. The zero-order chi connectivity index (χ0) is 11.2. The highest BCUT2D eigenvalue weighted by Crippen LogP contribution is 2.24. The Bertz CT molecular complexity index is 365. The molecule has 0 spiro atoms. The maximum atomic E-state index is 5.52. The van der Waals surface area contributed by atoms with Gasteiger partial charge in [-0.15, -0.1) is 11.8 Å². The minimum atomic E-state index is 0.305. The zero-order valence-electron chi connectivity index (χ0n) is 9.48. The number of hydrogen-bond donors (Lipinski definition) is 1. The van der Waals surface area contributed by atoms with Gasteiger partial charge in [0, 0.05) is 10.6 Å². The summed E-state index contributed by atoms with van der Waals surface area (Å²) < 4.78 is 5.52. The Morgan fingerprint density at radius 3 is 3.06 bits per heavy atom. The summed E-state index contributed by atoms with van der Waals surface area (Å²) in [7, 11) is 0.